The number of hydrogen-bond acceptors (Lipinski definition) is 16. The lowest BCUT2D eigenvalue weighted by atomic mass is 9.98. The molecular formula is C22H29N10O8PS2. The minimum Gasteiger partial charge on any atom is -0.395 e. The maximum absolute atomic E-state index is 12.4. The van der Waals surface area contributed by atoms with Gasteiger partial charge in [-0.2, -0.15) is 4.98 Å². The van der Waals surface area contributed by atoms with Crippen molar-refractivity contribution in [3.63, 3.8) is 0 Å². The second-order valence-corrected chi connectivity index (χ2v) is 15.3. The van der Waals surface area contributed by atoms with Crippen LogP contribution in [-0.2, 0) is 25.8 Å². The molecule has 2 fully saturated rings. The molecule has 0 saturated carbocycles. The van der Waals surface area contributed by atoms with Crippen LogP contribution in [0.4, 0.5) is 11.8 Å². The Bertz CT molecular complexity index is 1790. The molecule has 2 aliphatic heterocycles. The fourth-order valence-electron chi connectivity index (χ4n) is 5.45. The number of aromatic nitrogens is 8. The summed E-state index contributed by atoms with van der Waals surface area (Å²) in [6, 6.07) is 0. The maximum Gasteiger partial charge on any atom is 0.280 e. The van der Waals surface area contributed by atoms with Gasteiger partial charge in [0.1, 0.15) is 29.7 Å². The van der Waals surface area contributed by atoms with Crippen molar-refractivity contribution in [2.24, 2.45) is 0 Å². The maximum atomic E-state index is 12.4. The van der Waals surface area contributed by atoms with Gasteiger partial charge in [-0.25, -0.2) is 19.9 Å². The van der Waals surface area contributed by atoms with Crippen molar-refractivity contribution < 1.29 is 34.2 Å². The van der Waals surface area contributed by atoms with Crippen LogP contribution >= 0.6 is 18.3 Å². The van der Waals surface area contributed by atoms with Crippen molar-refractivity contribution in [1.29, 1.82) is 0 Å². The zero-order valence-electron chi connectivity index (χ0n) is 22.7. The van der Waals surface area contributed by atoms with E-state index in [9.17, 15) is 25.0 Å². The Hall–Kier alpha value is -2.78. The largest absolute Gasteiger partial charge is 0.395 e. The number of anilines is 2. The quantitative estimate of drug-likeness (QED) is 0.106. The van der Waals surface area contributed by atoms with Gasteiger partial charge in [0.2, 0.25) is 5.95 Å². The molecule has 232 valence electrons. The molecule has 0 bridgehead atoms. The van der Waals surface area contributed by atoms with Gasteiger partial charge >= 0.3 is 0 Å². The van der Waals surface area contributed by atoms with Crippen LogP contribution in [0.25, 0.3) is 22.3 Å². The molecule has 43 heavy (non-hydrogen) atoms. The van der Waals surface area contributed by atoms with Crippen molar-refractivity contribution >= 4 is 64.2 Å². The number of aliphatic hydroxyl groups is 3. The van der Waals surface area contributed by atoms with Crippen LogP contribution in [0, 0.1) is 0 Å². The van der Waals surface area contributed by atoms with E-state index in [1.54, 1.807) is 11.5 Å². The van der Waals surface area contributed by atoms with Crippen LogP contribution in [0.2, 0.25) is 0 Å². The monoisotopic (exact) mass is 656 g/mol. The number of nitrogens with zero attached hydrogens (tertiary/aromatic N) is 7. The summed E-state index contributed by atoms with van der Waals surface area (Å²) in [7, 11) is 1.41. The van der Waals surface area contributed by atoms with Gasteiger partial charge in [-0.05, 0) is 18.7 Å². The number of nitrogens with one attached hydrogen (secondary N) is 1. The van der Waals surface area contributed by atoms with Gasteiger partial charge in [0.05, 0.1) is 48.3 Å². The number of ether oxygens (including phenoxy) is 2. The smallest absolute Gasteiger partial charge is 0.280 e. The van der Waals surface area contributed by atoms with Gasteiger partial charge in [0.25, 0.3) is 5.56 Å². The molecule has 4 aromatic rings. The first-order valence-corrected chi connectivity index (χ1v) is 16.5. The third-order valence-electron chi connectivity index (χ3n) is 7.70. The van der Waals surface area contributed by atoms with Gasteiger partial charge in [0.15, 0.2) is 35.3 Å². The number of methoxy groups -OCH3 is 1. The lowest BCUT2D eigenvalue weighted by Crippen LogP contribution is -2.45. The number of aromatic amines is 1. The Morgan fingerprint density at radius 3 is 2.63 bits per heavy atom. The molecule has 18 nitrogen and oxygen atoms in total. The second-order valence-electron chi connectivity index (χ2n) is 10.4. The molecular weight excluding hydrogens is 627 g/mol. The predicted molar refractivity (Wildman–Crippen MR) is 157 cm³/mol. The molecule has 2 saturated heterocycles. The first-order chi connectivity index (χ1) is 20.4. The molecule has 6 heterocycles. The Labute approximate surface area is 251 Å². The second kappa shape index (κ2) is 11.0. The van der Waals surface area contributed by atoms with Crippen molar-refractivity contribution in [3.8, 4) is 0 Å². The van der Waals surface area contributed by atoms with Crippen LogP contribution in [0.1, 0.15) is 18.5 Å². The molecule has 3 unspecified atom stereocenters. The van der Waals surface area contributed by atoms with E-state index in [2.05, 4.69) is 29.9 Å². The number of nitrogen functional groups attached to an aromatic ring is 2. The van der Waals surface area contributed by atoms with Crippen molar-refractivity contribution in [2.75, 3.05) is 31.8 Å². The van der Waals surface area contributed by atoms with E-state index in [4.69, 9.17) is 37.3 Å². The zero-order chi connectivity index (χ0) is 30.8. The average Bonchev–Trinajstić information content (AvgIpc) is 3.71. The molecule has 21 heteroatoms. The lowest BCUT2D eigenvalue weighted by Gasteiger charge is -2.34. The summed E-state index contributed by atoms with van der Waals surface area (Å²) in [4.78, 5) is 47.1. The van der Waals surface area contributed by atoms with Crippen LogP contribution in [0.5, 0.6) is 0 Å². The van der Waals surface area contributed by atoms with Gasteiger partial charge in [-0.3, -0.25) is 14.3 Å². The van der Waals surface area contributed by atoms with Crippen LogP contribution in [0.3, 0.4) is 0 Å². The summed E-state index contributed by atoms with van der Waals surface area (Å²) in [6.45, 7) is -3.22. The van der Waals surface area contributed by atoms with E-state index < -0.39 is 71.7 Å². The SMILES string of the molecule is CO[C@H]1[C@H](n2cnc3c(N)ncnc32)OC(C)(COP(O)(=S)[C@@H]2[C@H](O)C(CO)S[C@H]2n2cnc3c(=O)[nH]c(N)nc32)[C@H]1O. The number of aliphatic hydroxyl groups excluding tert-OH is 3. The summed E-state index contributed by atoms with van der Waals surface area (Å²) in [5.74, 6) is 0.0142. The van der Waals surface area contributed by atoms with Gasteiger partial charge in [-0.1, -0.05) is 0 Å². The lowest BCUT2D eigenvalue weighted by molar-refractivity contribution is -0.111. The highest BCUT2D eigenvalue weighted by Gasteiger charge is 2.56. The Balaban J connectivity index is 1.29. The number of fused-ring (bicyclic) bond motifs is 2. The number of hydrogen-bond donors (Lipinski definition) is 7. The average molecular weight is 657 g/mol. The summed E-state index contributed by atoms with van der Waals surface area (Å²) >= 11 is 6.72. The predicted octanol–water partition coefficient (Wildman–Crippen LogP) is -1.56. The van der Waals surface area contributed by atoms with Gasteiger partial charge in [0, 0.05) is 7.11 Å². The van der Waals surface area contributed by atoms with Crippen LogP contribution < -0.4 is 17.0 Å². The van der Waals surface area contributed by atoms with E-state index in [1.807, 2.05) is 0 Å². The van der Waals surface area contributed by atoms with E-state index in [-0.39, 0.29) is 22.9 Å². The van der Waals surface area contributed by atoms with Crippen molar-refractivity contribution in [1.82, 2.24) is 39.0 Å². The highest BCUT2D eigenvalue weighted by Crippen LogP contribution is 2.62. The first-order valence-electron chi connectivity index (χ1n) is 12.9. The molecule has 6 rings (SSSR count). The minimum absolute atomic E-state index is 0.00617. The summed E-state index contributed by atoms with van der Waals surface area (Å²) < 4.78 is 20.8. The summed E-state index contributed by atoms with van der Waals surface area (Å²) in [5.41, 5.74) is 9.30. The highest BCUT2D eigenvalue weighted by molar-refractivity contribution is 8.10. The Kier molecular flexibility index (Phi) is 7.73. The molecule has 0 spiro atoms. The van der Waals surface area contributed by atoms with E-state index in [0.29, 0.717) is 11.2 Å². The molecule has 0 amide bonds. The number of nitrogens with two attached hydrogens (primary N) is 2. The van der Waals surface area contributed by atoms with Crippen molar-refractivity contribution in [3.05, 3.63) is 29.3 Å². The highest BCUT2D eigenvalue weighted by atomic mass is 32.5. The fraction of sp³-hybridized carbons (Fsp3) is 0.545. The van der Waals surface area contributed by atoms with E-state index in [0.717, 1.165) is 11.8 Å². The minimum atomic E-state index is -3.95. The third kappa shape index (κ3) is 4.91. The molecule has 4 aromatic heterocycles. The third-order valence-corrected chi connectivity index (χ3v) is 12.4. The fourth-order valence-corrected chi connectivity index (χ4v) is 10.4. The molecule has 9 N–H and O–H groups in total. The zero-order valence-corrected chi connectivity index (χ0v) is 25.2. The summed E-state index contributed by atoms with van der Waals surface area (Å²) in [6.07, 6.45) is -0.373. The van der Waals surface area contributed by atoms with Crippen LogP contribution in [0.15, 0.2) is 23.8 Å². The Morgan fingerprint density at radius 1 is 1.19 bits per heavy atom. The number of thioether (sulfide) groups is 1. The van der Waals surface area contributed by atoms with E-state index in [1.165, 1.54) is 30.7 Å². The number of H-pyrrole nitrogens is 1. The standard InChI is InChI=1S/C22H29N10O8PS2/c1-22(14(35)12(38-2)19(40-22)31-6-27-9-15(23)25-5-26-16(9)31)4-39-41(37,42)13-11(34)8(3-33)43-20(13)32-7-28-10-17(32)29-21(24)30-18(10)36/h5-8,11-14,19-20,33-35H,3-4H2,1-2H3,(H,37,42)(H2,23,25,26)(H3,24,29,30,36)/t8?,11-,12-,13-,14+,19-,20-,22?,41?/m1/s1. The van der Waals surface area contributed by atoms with Crippen LogP contribution in [-0.4, -0.2) is 114 Å². The number of imidazole rings is 2. The molecule has 0 radical (unpaired) electrons. The number of rotatable bonds is 8. The Morgan fingerprint density at radius 2 is 1.91 bits per heavy atom. The van der Waals surface area contributed by atoms with Gasteiger partial charge in [-0.15, -0.1) is 11.8 Å². The normalized spacial score (nSPS) is 32.6. The summed E-state index contributed by atoms with van der Waals surface area (Å²) in [5, 5.41) is 30.8. The first kappa shape index (κ1) is 30.3. The van der Waals surface area contributed by atoms with Gasteiger partial charge < -0.3 is 50.2 Å². The topological polar surface area (TPSA) is 268 Å². The van der Waals surface area contributed by atoms with E-state index >= 15 is 0 Å². The molecule has 0 aromatic carbocycles. The molecule has 2 aliphatic rings. The molecule has 9 atom stereocenters. The molecule has 0 aliphatic carbocycles. The van der Waals surface area contributed by atoms with Crippen molar-refractivity contribution in [2.45, 2.75) is 53.3 Å².